The number of para-hydroxylation sites is 1. The van der Waals surface area contributed by atoms with Crippen LogP contribution in [0.5, 0.6) is 0 Å². The third-order valence-corrected chi connectivity index (χ3v) is 4.12. The molecule has 0 saturated heterocycles. The molecule has 0 saturated carbocycles. The topological polar surface area (TPSA) is 49.4 Å². The molecule has 0 heterocycles. The van der Waals surface area contributed by atoms with Crippen LogP contribution in [0.4, 0.5) is 11.4 Å². The first-order chi connectivity index (χ1) is 11.3. The van der Waals surface area contributed by atoms with Crippen molar-refractivity contribution >= 4 is 46.4 Å². The molecule has 0 bridgehead atoms. The molecule has 4 nitrogen and oxygen atoms in total. The van der Waals surface area contributed by atoms with Crippen molar-refractivity contribution in [1.29, 1.82) is 0 Å². The highest BCUT2D eigenvalue weighted by atomic mass is 35.5. The van der Waals surface area contributed by atoms with Crippen LogP contribution in [0.1, 0.15) is 18.1 Å². The van der Waals surface area contributed by atoms with Crippen molar-refractivity contribution < 1.29 is 9.59 Å². The molecule has 2 aromatic carbocycles. The van der Waals surface area contributed by atoms with E-state index in [4.69, 9.17) is 23.2 Å². The number of nitrogens with one attached hydrogen (secondary N) is 1. The van der Waals surface area contributed by atoms with Crippen LogP contribution in [0.25, 0.3) is 0 Å². The van der Waals surface area contributed by atoms with Crippen LogP contribution in [0.2, 0.25) is 10.0 Å². The summed E-state index contributed by atoms with van der Waals surface area (Å²) >= 11 is 12.3. The number of nitrogens with zero attached hydrogens (tertiary/aromatic N) is 1. The number of aryl methyl sites for hydroxylation is 2. The molecule has 0 unspecified atom stereocenters. The van der Waals surface area contributed by atoms with Crippen molar-refractivity contribution in [1.82, 2.24) is 0 Å². The van der Waals surface area contributed by atoms with Gasteiger partial charge in [-0.3, -0.25) is 9.59 Å². The van der Waals surface area contributed by atoms with E-state index in [0.29, 0.717) is 21.4 Å². The van der Waals surface area contributed by atoms with Crippen LogP contribution >= 0.6 is 23.2 Å². The summed E-state index contributed by atoms with van der Waals surface area (Å²) in [4.78, 5) is 25.7. The van der Waals surface area contributed by atoms with Crippen LogP contribution in [0.3, 0.4) is 0 Å². The standard InChI is InChI=1S/C18H18Cl2N2O2/c1-11-8-12(2)18(15(20)9-11)22(13(3)23)10-17(24)21-16-7-5-4-6-14(16)19/h4-9H,10H2,1-3H3,(H,21,24). The Morgan fingerprint density at radius 1 is 1.08 bits per heavy atom. The van der Waals surface area contributed by atoms with E-state index >= 15 is 0 Å². The third kappa shape index (κ3) is 4.28. The summed E-state index contributed by atoms with van der Waals surface area (Å²) in [6, 6.07) is 10.6. The van der Waals surface area contributed by atoms with Crippen molar-refractivity contribution in [2.75, 3.05) is 16.8 Å². The highest BCUT2D eigenvalue weighted by Gasteiger charge is 2.21. The van der Waals surface area contributed by atoms with Gasteiger partial charge in [-0.2, -0.15) is 0 Å². The Kier molecular flexibility index (Phi) is 5.86. The Morgan fingerprint density at radius 2 is 1.75 bits per heavy atom. The lowest BCUT2D eigenvalue weighted by molar-refractivity contribution is -0.120. The van der Waals surface area contributed by atoms with Gasteiger partial charge in [0.05, 0.1) is 21.4 Å². The van der Waals surface area contributed by atoms with Crippen molar-refractivity contribution in [3.63, 3.8) is 0 Å². The highest BCUT2D eigenvalue weighted by molar-refractivity contribution is 6.34. The Hall–Kier alpha value is -2.04. The van der Waals surface area contributed by atoms with Gasteiger partial charge in [-0.05, 0) is 43.2 Å². The summed E-state index contributed by atoms with van der Waals surface area (Å²) in [6.07, 6.45) is 0. The average Bonchev–Trinajstić information content (AvgIpc) is 2.47. The van der Waals surface area contributed by atoms with Gasteiger partial charge in [0.2, 0.25) is 11.8 Å². The van der Waals surface area contributed by atoms with Crippen LogP contribution in [-0.4, -0.2) is 18.4 Å². The lowest BCUT2D eigenvalue weighted by Gasteiger charge is -2.24. The molecule has 126 valence electrons. The van der Waals surface area contributed by atoms with E-state index in [1.54, 1.807) is 30.3 Å². The van der Waals surface area contributed by atoms with E-state index in [9.17, 15) is 9.59 Å². The van der Waals surface area contributed by atoms with Gasteiger partial charge in [-0.1, -0.05) is 41.4 Å². The quantitative estimate of drug-likeness (QED) is 0.861. The second-order valence-corrected chi connectivity index (χ2v) is 6.36. The lowest BCUT2D eigenvalue weighted by atomic mass is 10.1. The van der Waals surface area contributed by atoms with E-state index in [2.05, 4.69) is 5.32 Å². The molecule has 1 N–H and O–H groups in total. The van der Waals surface area contributed by atoms with Gasteiger partial charge in [-0.15, -0.1) is 0 Å². The molecular formula is C18H18Cl2N2O2. The molecule has 0 aliphatic heterocycles. The third-order valence-electron chi connectivity index (χ3n) is 3.50. The fourth-order valence-corrected chi connectivity index (χ4v) is 3.10. The summed E-state index contributed by atoms with van der Waals surface area (Å²) in [5.41, 5.74) is 2.87. The predicted molar refractivity (Wildman–Crippen MR) is 99.0 cm³/mol. The van der Waals surface area contributed by atoms with E-state index in [1.165, 1.54) is 11.8 Å². The Morgan fingerprint density at radius 3 is 2.33 bits per heavy atom. The summed E-state index contributed by atoms with van der Waals surface area (Å²) in [6.45, 7) is 5.03. The summed E-state index contributed by atoms with van der Waals surface area (Å²) < 4.78 is 0. The first-order valence-corrected chi connectivity index (χ1v) is 8.14. The maximum absolute atomic E-state index is 12.3. The number of rotatable bonds is 4. The molecule has 2 aromatic rings. The van der Waals surface area contributed by atoms with E-state index in [-0.39, 0.29) is 18.4 Å². The second-order valence-electron chi connectivity index (χ2n) is 5.55. The molecule has 0 atom stereocenters. The van der Waals surface area contributed by atoms with Crippen LogP contribution < -0.4 is 10.2 Å². The van der Waals surface area contributed by atoms with Gasteiger partial charge in [0.25, 0.3) is 0 Å². The molecule has 2 amide bonds. The molecular weight excluding hydrogens is 347 g/mol. The molecule has 2 rings (SSSR count). The molecule has 0 spiro atoms. The number of hydrogen-bond donors (Lipinski definition) is 1. The lowest BCUT2D eigenvalue weighted by Crippen LogP contribution is -2.37. The van der Waals surface area contributed by atoms with E-state index in [1.807, 2.05) is 19.9 Å². The Bertz CT molecular complexity index is 767. The van der Waals surface area contributed by atoms with Crippen LogP contribution in [-0.2, 0) is 9.59 Å². The summed E-state index contributed by atoms with van der Waals surface area (Å²) in [5, 5.41) is 3.58. The maximum Gasteiger partial charge on any atom is 0.244 e. The largest absolute Gasteiger partial charge is 0.323 e. The normalized spacial score (nSPS) is 10.4. The number of anilines is 2. The van der Waals surface area contributed by atoms with E-state index < -0.39 is 0 Å². The van der Waals surface area contributed by atoms with Gasteiger partial charge in [0.1, 0.15) is 6.54 Å². The fraction of sp³-hybridized carbons (Fsp3) is 0.222. The number of amides is 2. The molecule has 0 fully saturated rings. The van der Waals surface area contributed by atoms with Gasteiger partial charge >= 0.3 is 0 Å². The first kappa shape index (κ1) is 18.3. The zero-order valence-corrected chi connectivity index (χ0v) is 15.2. The predicted octanol–water partition coefficient (Wildman–Crippen LogP) is 4.60. The summed E-state index contributed by atoms with van der Waals surface area (Å²) in [7, 11) is 0. The van der Waals surface area contributed by atoms with Crippen LogP contribution in [0.15, 0.2) is 36.4 Å². The first-order valence-electron chi connectivity index (χ1n) is 7.39. The Labute approximate surface area is 151 Å². The Balaban J connectivity index is 2.25. The zero-order valence-electron chi connectivity index (χ0n) is 13.7. The van der Waals surface area contributed by atoms with Gasteiger partial charge in [0, 0.05) is 6.92 Å². The smallest absolute Gasteiger partial charge is 0.244 e. The second kappa shape index (κ2) is 7.69. The number of halogens is 2. The molecule has 0 aliphatic carbocycles. The molecule has 0 aliphatic rings. The molecule has 0 aromatic heterocycles. The van der Waals surface area contributed by atoms with E-state index in [0.717, 1.165) is 11.1 Å². The fourth-order valence-electron chi connectivity index (χ4n) is 2.49. The zero-order chi connectivity index (χ0) is 17.9. The number of hydrogen-bond acceptors (Lipinski definition) is 2. The number of carbonyl (C=O) groups is 2. The minimum Gasteiger partial charge on any atom is -0.323 e. The monoisotopic (exact) mass is 364 g/mol. The average molecular weight is 365 g/mol. The minimum atomic E-state index is -0.352. The van der Waals surface area contributed by atoms with Gasteiger partial charge in [-0.25, -0.2) is 0 Å². The summed E-state index contributed by atoms with van der Waals surface area (Å²) in [5.74, 6) is -0.618. The number of carbonyl (C=O) groups excluding carboxylic acids is 2. The van der Waals surface area contributed by atoms with Gasteiger partial charge in [0.15, 0.2) is 0 Å². The molecule has 6 heteroatoms. The van der Waals surface area contributed by atoms with Crippen molar-refractivity contribution in [2.45, 2.75) is 20.8 Å². The molecule has 0 radical (unpaired) electrons. The van der Waals surface area contributed by atoms with Crippen molar-refractivity contribution in [3.8, 4) is 0 Å². The van der Waals surface area contributed by atoms with Crippen molar-refractivity contribution in [2.24, 2.45) is 0 Å². The molecule has 24 heavy (non-hydrogen) atoms. The number of benzene rings is 2. The SMILES string of the molecule is CC(=O)N(CC(=O)Nc1ccccc1Cl)c1c(C)cc(C)cc1Cl. The van der Waals surface area contributed by atoms with Gasteiger partial charge < -0.3 is 10.2 Å². The maximum atomic E-state index is 12.3. The minimum absolute atomic E-state index is 0.149. The highest BCUT2D eigenvalue weighted by Crippen LogP contribution is 2.31. The van der Waals surface area contributed by atoms with Crippen molar-refractivity contribution in [3.05, 3.63) is 57.6 Å². The van der Waals surface area contributed by atoms with Crippen LogP contribution in [0, 0.1) is 13.8 Å².